The van der Waals surface area contributed by atoms with Gasteiger partial charge in [-0.2, -0.15) is 5.26 Å². The first-order valence-corrected chi connectivity index (χ1v) is 14.8. The number of aryl methyl sites for hydroxylation is 1. The highest BCUT2D eigenvalue weighted by molar-refractivity contribution is 7.89. The number of halogens is 2. The summed E-state index contributed by atoms with van der Waals surface area (Å²) in [5.74, 6) is -2.13. The molecule has 0 aromatic heterocycles. The Kier molecular flexibility index (Phi) is 11.9. The Morgan fingerprint density at radius 1 is 1.00 bits per heavy atom. The van der Waals surface area contributed by atoms with E-state index in [0.29, 0.717) is 13.0 Å². The molecule has 0 unspecified atom stereocenters. The first kappa shape index (κ1) is 31.8. The predicted octanol–water partition coefficient (Wildman–Crippen LogP) is 3.60. The lowest BCUT2D eigenvalue weighted by Gasteiger charge is -2.25. The summed E-state index contributed by atoms with van der Waals surface area (Å²) in [5, 5.41) is 25.5. The van der Waals surface area contributed by atoms with E-state index in [4.69, 9.17) is 5.26 Å². The quantitative estimate of drug-likeness (QED) is 0.202. The third kappa shape index (κ3) is 10.0. The van der Waals surface area contributed by atoms with E-state index in [1.54, 1.807) is 0 Å². The summed E-state index contributed by atoms with van der Waals surface area (Å²) in [7, 11) is -3.82. The van der Waals surface area contributed by atoms with E-state index in [0.717, 1.165) is 30.2 Å². The first-order chi connectivity index (χ1) is 19.6. The van der Waals surface area contributed by atoms with E-state index in [1.807, 2.05) is 24.3 Å². The minimum absolute atomic E-state index is 0.0471. The molecule has 0 fully saturated rings. The van der Waals surface area contributed by atoms with Crippen molar-refractivity contribution in [1.29, 1.82) is 5.26 Å². The number of carbonyl (C=O) groups excluding carboxylic acids is 1. The molecule has 218 valence electrons. The second-order valence-electron chi connectivity index (χ2n) is 9.62. The normalized spacial score (nSPS) is 12.9. The monoisotopic (exact) mass is 584 g/mol. The van der Waals surface area contributed by atoms with Crippen LogP contribution in [0.1, 0.15) is 46.8 Å². The number of rotatable bonds is 15. The summed E-state index contributed by atoms with van der Waals surface area (Å²) < 4.78 is 55.0. The van der Waals surface area contributed by atoms with Crippen LogP contribution >= 0.6 is 0 Å². The van der Waals surface area contributed by atoms with Crippen LogP contribution in [-0.2, 0) is 29.4 Å². The molecule has 0 aliphatic carbocycles. The third-order valence-electron chi connectivity index (χ3n) is 6.43. The van der Waals surface area contributed by atoms with E-state index < -0.39 is 39.7 Å². The molecule has 3 rings (SSSR count). The SMILES string of the molecule is CCc1cccc(CNC[C@@H](O)[C@H](Cc2cc(F)cc(F)c2)NC(=O)c2ccc(S(=O)(=O)NCCCC#N)cc2)c1. The Balaban J connectivity index is 1.70. The number of nitriles is 1. The van der Waals surface area contributed by atoms with Crippen LogP contribution in [-0.4, -0.2) is 44.7 Å². The van der Waals surface area contributed by atoms with Crippen molar-refractivity contribution in [3.8, 4) is 6.07 Å². The summed E-state index contributed by atoms with van der Waals surface area (Å²) in [6.45, 7) is 2.73. The Morgan fingerprint density at radius 2 is 1.68 bits per heavy atom. The van der Waals surface area contributed by atoms with Crippen LogP contribution in [0.4, 0.5) is 8.78 Å². The van der Waals surface area contributed by atoms with Gasteiger partial charge in [-0.05, 0) is 72.4 Å². The van der Waals surface area contributed by atoms with Gasteiger partial charge in [0.15, 0.2) is 0 Å². The maximum absolute atomic E-state index is 13.8. The van der Waals surface area contributed by atoms with E-state index in [2.05, 4.69) is 28.3 Å². The smallest absolute Gasteiger partial charge is 0.251 e. The van der Waals surface area contributed by atoms with Gasteiger partial charge in [0, 0.05) is 37.7 Å². The largest absolute Gasteiger partial charge is 0.390 e. The van der Waals surface area contributed by atoms with E-state index >= 15 is 0 Å². The van der Waals surface area contributed by atoms with Gasteiger partial charge in [0.25, 0.3) is 5.91 Å². The average Bonchev–Trinajstić information content (AvgIpc) is 2.94. The molecule has 1 amide bonds. The summed E-state index contributed by atoms with van der Waals surface area (Å²) in [4.78, 5) is 13.0. The number of amides is 1. The standard InChI is InChI=1S/C30H34F2N4O4S/c1-2-21-6-5-7-22(14-21)19-34-20-29(37)28(17-23-15-25(31)18-26(32)16-23)36-30(38)24-8-10-27(11-9-24)41(39,40)35-13-4-3-12-33/h5-11,14-16,18,28-29,34-35,37H,2-4,13,17,19-20H2,1H3,(H,36,38)/t28-,29+/m0/s1. The average molecular weight is 585 g/mol. The van der Waals surface area contributed by atoms with Gasteiger partial charge in [-0.1, -0.05) is 31.2 Å². The molecule has 3 aromatic rings. The zero-order valence-electron chi connectivity index (χ0n) is 22.7. The number of carbonyl (C=O) groups is 1. The minimum atomic E-state index is -3.82. The third-order valence-corrected chi connectivity index (χ3v) is 7.90. The highest BCUT2D eigenvalue weighted by atomic mass is 32.2. The molecule has 2 atom stereocenters. The molecule has 0 saturated heterocycles. The number of nitrogens with zero attached hydrogens (tertiary/aromatic N) is 1. The van der Waals surface area contributed by atoms with Crippen LogP contribution in [0.5, 0.6) is 0 Å². The zero-order chi connectivity index (χ0) is 29.8. The number of aliphatic hydroxyl groups excluding tert-OH is 1. The molecule has 0 bridgehead atoms. The molecule has 0 aliphatic heterocycles. The lowest BCUT2D eigenvalue weighted by atomic mass is 10.00. The molecule has 0 aliphatic rings. The van der Waals surface area contributed by atoms with Crippen molar-refractivity contribution in [1.82, 2.24) is 15.4 Å². The number of hydrogen-bond acceptors (Lipinski definition) is 6. The van der Waals surface area contributed by atoms with Gasteiger partial charge in [0.05, 0.1) is 23.1 Å². The van der Waals surface area contributed by atoms with E-state index in [-0.39, 0.29) is 42.0 Å². The Labute approximate surface area is 239 Å². The van der Waals surface area contributed by atoms with E-state index in [9.17, 15) is 27.1 Å². The fraction of sp³-hybridized carbons (Fsp3) is 0.333. The summed E-state index contributed by atoms with van der Waals surface area (Å²) in [6.07, 6.45) is 0.318. The van der Waals surface area contributed by atoms with Crippen molar-refractivity contribution >= 4 is 15.9 Å². The number of unbranched alkanes of at least 4 members (excludes halogenated alkanes) is 1. The van der Waals surface area contributed by atoms with Gasteiger partial charge in [0.2, 0.25) is 10.0 Å². The number of nitrogens with one attached hydrogen (secondary N) is 3. The van der Waals surface area contributed by atoms with Gasteiger partial charge in [-0.25, -0.2) is 21.9 Å². The predicted molar refractivity (Wildman–Crippen MR) is 151 cm³/mol. The van der Waals surface area contributed by atoms with Crippen molar-refractivity contribution in [2.24, 2.45) is 0 Å². The zero-order valence-corrected chi connectivity index (χ0v) is 23.6. The highest BCUT2D eigenvalue weighted by Crippen LogP contribution is 2.15. The molecule has 11 heteroatoms. The van der Waals surface area contributed by atoms with Gasteiger partial charge in [-0.15, -0.1) is 0 Å². The molecular weight excluding hydrogens is 550 g/mol. The van der Waals surface area contributed by atoms with Crippen molar-refractivity contribution in [2.75, 3.05) is 13.1 Å². The maximum Gasteiger partial charge on any atom is 0.251 e. The van der Waals surface area contributed by atoms with Crippen LogP contribution in [0.15, 0.2) is 71.6 Å². The molecule has 0 saturated carbocycles. The number of sulfonamides is 1. The molecule has 0 heterocycles. The second kappa shape index (κ2) is 15.3. The fourth-order valence-corrected chi connectivity index (χ4v) is 5.30. The fourth-order valence-electron chi connectivity index (χ4n) is 4.23. The van der Waals surface area contributed by atoms with E-state index in [1.165, 1.54) is 29.8 Å². The van der Waals surface area contributed by atoms with Gasteiger partial charge in [-0.3, -0.25) is 4.79 Å². The molecule has 8 nitrogen and oxygen atoms in total. The number of hydrogen-bond donors (Lipinski definition) is 4. The first-order valence-electron chi connectivity index (χ1n) is 13.3. The van der Waals surface area contributed by atoms with Crippen molar-refractivity contribution in [2.45, 2.75) is 56.2 Å². The molecule has 4 N–H and O–H groups in total. The summed E-state index contributed by atoms with van der Waals surface area (Å²) in [5.41, 5.74) is 2.60. The topological polar surface area (TPSA) is 131 Å². The molecule has 0 radical (unpaired) electrons. The van der Waals surface area contributed by atoms with Crippen LogP contribution in [0.25, 0.3) is 0 Å². The number of aliphatic hydroxyl groups is 1. The molecule has 3 aromatic carbocycles. The summed E-state index contributed by atoms with van der Waals surface area (Å²) in [6, 6.07) is 17.3. The van der Waals surface area contributed by atoms with Crippen molar-refractivity contribution in [3.63, 3.8) is 0 Å². The van der Waals surface area contributed by atoms with Gasteiger partial charge >= 0.3 is 0 Å². The Hall–Kier alpha value is -3.69. The Bertz CT molecular complexity index is 1440. The van der Waals surface area contributed by atoms with Crippen LogP contribution in [0.3, 0.4) is 0 Å². The van der Waals surface area contributed by atoms with Gasteiger partial charge in [0.1, 0.15) is 11.6 Å². The maximum atomic E-state index is 13.8. The van der Waals surface area contributed by atoms with Crippen LogP contribution in [0.2, 0.25) is 0 Å². The van der Waals surface area contributed by atoms with Crippen molar-refractivity contribution in [3.05, 3.63) is 101 Å². The lowest BCUT2D eigenvalue weighted by Crippen LogP contribution is -2.48. The molecular formula is C30H34F2N4O4S. The van der Waals surface area contributed by atoms with Crippen LogP contribution in [0, 0.1) is 23.0 Å². The molecule has 41 heavy (non-hydrogen) atoms. The van der Waals surface area contributed by atoms with Gasteiger partial charge < -0.3 is 15.7 Å². The Morgan fingerprint density at radius 3 is 2.34 bits per heavy atom. The summed E-state index contributed by atoms with van der Waals surface area (Å²) >= 11 is 0. The molecule has 0 spiro atoms. The number of benzene rings is 3. The van der Waals surface area contributed by atoms with Crippen LogP contribution < -0.4 is 15.4 Å². The lowest BCUT2D eigenvalue weighted by molar-refractivity contribution is 0.0829. The second-order valence-corrected chi connectivity index (χ2v) is 11.4. The highest BCUT2D eigenvalue weighted by Gasteiger charge is 2.23. The minimum Gasteiger partial charge on any atom is -0.390 e. The van der Waals surface area contributed by atoms with Crippen molar-refractivity contribution < 1.29 is 27.1 Å².